The molecule has 1 aliphatic rings. The van der Waals surface area contributed by atoms with Crippen LogP contribution >= 0.6 is 0 Å². The SMILES string of the molecule is CCOCCCn1c(N/N=C\c2ccc([C@H]3C[C@H]3C)o2)nc2ccccc2c1=O. The van der Waals surface area contributed by atoms with Crippen LogP contribution in [-0.4, -0.2) is 29.0 Å². The maximum Gasteiger partial charge on any atom is 0.262 e. The Bertz CT molecular complexity index is 1070. The van der Waals surface area contributed by atoms with Crippen LogP contribution in [0, 0.1) is 5.92 Å². The van der Waals surface area contributed by atoms with E-state index in [1.807, 2.05) is 37.3 Å². The topological polar surface area (TPSA) is 81.7 Å². The summed E-state index contributed by atoms with van der Waals surface area (Å²) in [7, 11) is 0. The summed E-state index contributed by atoms with van der Waals surface area (Å²) in [6, 6.07) is 11.2. The molecule has 29 heavy (non-hydrogen) atoms. The van der Waals surface area contributed by atoms with Gasteiger partial charge in [0.25, 0.3) is 5.56 Å². The second kappa shape index (κ2) is 8.61. The number of furan rings is 1. The highest BCUT2D eigenvalue weighted by atomic mass is 16.5. The van der Waals surface area contributed by atoms with E-state index in [9.17, 15) is 4.79 Å². The van der Waals surface area contributed by atoms with E-state index in [1.54, 1.807) is 16.8 Å². The highest BCUT2D eigenvalue weighted by Gasteiger charge is 2.36. The molecule has 2 atom stereocenters. The van der Waals surface area contributed by atoms with Crippen LogP contribution in [0.3, 0.4) is 0 Å². The number of nitrogens with one attached hydrogen (secondary N) is 1. The molecule has 0 bridgehead atoms. The number of rotatable bonds is 9. The van der Waals surface area contributed by atoms with Crippen molar-refractivity contribution in [2.24, 2.45) is 11.0 Å². The fourth-order valence-electron chi connectivity index (χ4n) is 3.44. The average molecular weight is 394 g/mol. The van der Waals surface area contributed by atoms with Crippen molar-refractivity contribution in [3.8, 4) is 0 Å². The smallest absolute Gasteiger partial charge is 0.262 e. The van der Waals surface area contributed by atoms with Gasteiger partial charge in [0.2, 0.25) is 5.95 Å². The highest BCUT2D eigenvalue weighted by molar-refractivity contribution is 5.79. The highest BCUT2D eigenvalue weighted by Crippen LogP contribution is 2.47. The maximum atomic E-state index is 12.9. The molecule has 0 saturated heterocycles. The molecule has 4 rings (SSSR count). The largest absolute Gasteiger partial charge is 0.460 e. The molecule has 3 aromatic rings. The van der Waals surface area contributed by atoms with E-state index in [1.165, 1.54) is 6.42 Å². The molecular formula is C22H26N4O3. The van der Waals surface area contributed by atoms with Crippen LogP contribution in [-0.2, 0) is 11.3 Å². The molecule has 1 N–H and O–H groups in total. The van der Waals surface area contributed by atoms with Crippen molar-refractivity contribution in [3.05, 3.63) is 58.3 Å². The van der Waals surface area contributed by atoms with Crippen LogP contribution in [0.25, 0.3) is 10.9 Å². The number of anilines is 1. The summed E-state index contributed by atoms with van der Waals surface area (Å²) in [5.41, 5.74) is 3.47. The minimum absolute atomic E-state index is 0.0900. The Balaban J connectivity index is 1.54. The molecule has 0 unspecified atom stereocenters. The number of ether oxygens (including phenoxy) is 1. The zero-order valence-corrected chi connectivity index (χ0v) is 16.8. The summed E-state index contributed by atoms with van der Waals surface area (Å²) in [4.78, 5) is 17.5. The Morgan fingerprint density at radius 1 is 1.34 bits per heavy atom. The molecule has 7 nitrogen and oxygen atoms in total. The van der Waals surface area contributed by atoms with E-state index in [0.29, 0.717) is 60.6 Å². The van der Waals surface area contributed by atoms with Gasteiger partial charge >= 0.3 is 0 Å². The number of hydrazone groups is 1. The van der Waals surface area contributed by atoms with Gasteiger partial charge in [-0.05, 0) is 49.9 Å². The molecule has 0 spiro atoms. The van der Waals surface area contributed by atoms with E-state index in [-0.39, 0.29) is 5.56 Å². The van der Waals surface area contributed by atoms with Crippen molar-refractivity contribution in [3.63, 3.8) is 0 Å². The third kappa shape index (κ3) is 4.40. The van der Waals surface area contributed by atoms with Gasteiger partial charge in [0.1, 0.15) is 11.5 Å². The van der Waals surface area contributed by atoms with Gasteiger partial charge in [-0.25, -0.2) is 10.4 Å². The Labute approximate surface area is 169 Å². The molecule has 2 aromatic heterocycles. The first-order chi connectivity index (χ1) is 14.2. The number of nitrogens with zero attached hydrogens (tertiary/aromatic N) is 3. The molecular weight excluding hydrogens is 368 g/mol. The van der Waals surface area contributed by atoms with E-state index in [4.69, 9.17) is 9.15 Å². The van der Waals surface area contributed by atoms with Gasteiger partial charge in [-0.2, -0.15) is 5.10 Å². The van der Waals surface area contributed by atoms with Crippen LogP contribution < -0.4 is 11.0 Å². The lowest BCUT2D eigenvalue weighted by atomic mass is 10.2. The number of para-hydroxylation sites is 1. The van der Waals surface area contributed by atoms with E-state index < -0.39 is 0 Å². The van der Waals surface area contributed by atoms with Crippen molar-refractivity contribution in [1.29, 1.82) is 0 Å². The van der Waals surface area contributed by atoms with Crippen LogP contribution in [0.1, 0.15) is 44.1 Å². The van der Waals surface area contributed by atoms with Crippen molar-refractivity contribution >= 4 is 23.1 Å². The maximum absolute atomic E-state index is 12.9. The first kappa shape index (κ1) is 19.4. The average Bonchev–Trinajstić information content (AvgIpc) is 3.27. The van der Waals surface area contributed by atoms with Crippen molar-refractivity contribution in [2.75, 3.05) is 18.6 Å². The lowest BCUT2D eigenvalue weighted by Gasteiger charge is -2.12. The van der Waals surface area contributed by atoms with Crippen LogP contribution in [0.4, 0.5) is 5.95 Å². The number of hydrogen-bond donors (Lipinski definition) is 1. The first-order valence-corrected chi connectivity index (χ1v) is 10.1. The van der Waals surface area contributed by atoms with Crippen LogP contribution in [0.2, 0.25) is 0 Å². The molecule has 1 aliphatic carbocycles. The van der Waals surface area contributed by atoms with Crippen molar-refractivity contribution < 1.29 is 9.15 Å². The standard InChI is InChI=1S/C22H26N4O3/c1-3-28-12-6-11-26-21(27)17-7-4-5-8-19(17)24-22(26)25-23-14-16-9-10-20(29-16)18-13-15(18)2/h4-5,7-10,14-15,18H,3,6,11-13H2,1-2H3,(H,24,25)/b23-14-/t15-,18+/m1/s1. The predicted molar refractivity (Wildman–Crippen MR) is 114 cm³/mol. The Kier molecular flexibility index (Phi) is 5.76. The molecule has 0 aliphatic heterocycles. The lowest BCUT2D eigenvalue weighted by Crippen LogP contribution is -2.25. The molecule has 7 heteroatoms. The zero-order chi connectivity index (χ0) is 20.2. The van der Waals surface area contributed by atoms with Crippen molar-refractivity contribution in [2.45, 2.75) is 39.2 Å². The van der Waals surface area contributed by atoms with Gasteiger partial charge in [0, 0.05) is 25.7 Å². The Morgan fingerprint density at radius 2 is 2.17 bits per heavy atom. The quantitative estimate of drug-likeness (QED) is 0.337. The molecule has 2 heterocycles. The van der Waals surface area contributed by atoms with Gasteiger partial charge in [-0.1, -0.05) is 19.1 Å². The second-order valence-electron chi connectivity index (χ2n) is 7.39. The van der Waals surface area contributed by atoms with E-state index in [0.717, 1.165) is 5.76 Å². The monoisotopic (exact) mass is 394 g/mol. The lowest BCUT2D eigenvalue weighted by molar-refractivity contribution is 0.141. The van der Waals surface area contributed by atoms with Gasteiger partial charge < -0.3 is 9.15 Å². The van der Waals surface area contributed by atoms with Gasteiger partial charge in [-0.15, -0.1) is 0 Å². The zero-order valence-electron chi connectivity index (χ0n) is 16.8. The fraction of sp³-hybridized carbons (Fsp3) is 0.409. The number of fused-ring (bicyclic) bond motifs is 1. The van der Waals surface area contributed by atoms with Gasteiger partial charge in [0.15, 0.2) is 0 Å². The third-order valence-corrected chi connectivity index (χ3v) is 5.21. The molecule has 0 amide bonds. The first-order valence-electron chi connectivity index (χ1n) is 10.1. The number of aromatic nitrogens is 2. The summed E-state index contributed by atoms with van der Waals surface area (Å²) in [6.45, 7) is 5.92. The molecule has 1 aromatic carbocycles. The summed E-state index contributed by atoms with van der Waals surface area (Å²) >= 11 is 0. The summed E-state index contributed by atoms with van der Waals surface area (Å²) in [5.74, 6) is 3.32. The van der Waals surface area contributed by atoms with Crippen LogP contribution in [0.5, 0.6) is 0 Å². The predicted octanol–water partition coefficient (Wildman–Crippen LogP) is 3.99. The molecule has 152 valence electrons. The van der Waals surface area contributed by atoms with E-state index in [2.05, 4.69) is 22.4 Å². The molecule has 1 saturated carbocycles. The summed E-state index contributed by atoms with van der Waals surface area (Å²) in [5, 5.41) is 4.85. The normalized spacial score (nSPS) is 18.6. The molecule has 1 fully saturated rings. The molecule has 0 radical (unpaired) electrons. The van der Waals surface area contributed by atoms with Crippen LogP contribution in [0.15, 0.2) is 50.7 Å². The third-order valence-electron chi connectivity index (χ3n) is 5.21. The minimum Gasteiger partial charge on any atom is -0.460 e. The second-order valence-corrected chi connectivity index (χ2v) is 7.39. The number of benzene rings is 1. The number of hydrogen-bond acceptors (Lipinski definition) is 6. The minimum atomic E-state index is -0.0900. The van der Waals surface area contributed by atoms with Gasteiger partial charge in [-0.3, -0.25) is 9.36 Å². The summed E-state index contributed by atoms with van der Waals surface area (Å²) < 4.78 is 12.8. The van der Waals surface area contributed by atoms with Gasteiger partial charge in [0.05, 0.1) is 17.1 Å². The van der Waals surface area contributed by atoms with Crippen molar-refractivity contribution in [1.82, 2.24) is 9.55 Å². The summed E-state index contributed by atoms with van der Waals surface area (Å²) in [6.07, 6.45) is 3.51. The van der Waals surface area contributed by atoms with E-state index >= 15 is 0 Å². The fourth-order valence-corrected chi connectivity index (χ4v) is 3.44. The Hall–Kier alpha value is -2.93. The Morgan fingerprint density at radius 3 is 2.97 bits per heavy atom.